The lowest BCUT2D eigenvalue weighted by molar-refractivity contribution is -0.124. The predicted octanol–water partition coefficient (Wildman–Crippen LogP) is 2.13. The van der Waals surface area contributed by atoms with Crippen LogP contribution in [-0.4, -0.2) is 59.8 Å². The lowest BCUT2D eigenvalue weighted by Gasteiger charge is -2.35. The zero-order chi connectivity index (χ0) is 21.8. The topological polar surface area (TPSA) is 77.0 Å². The number of piperazine rings is 1. The van der Waals surface area contributed by atoms with Crippen molar-refractivity contribution in [2.24, 2.45) is 4.99 Å². The van der Waals surface area contributed by atoms with Gasteiger partial charge in [0.15, 0.2) is 0 Å². The van der Waals surface area contributed by atoms with Gasteiger partial charge in [-0.3, -0.25) is 19.8 Å². The number of anilines is 1. The number of rotatable bonds is 5. The second kappa shape index (κ2) is 9.26. The lowest BCUT2D eigenvalue weighted by Crippen LogP contribution is -2.51. The van der Waals surface area contributed by atoms with Crippen LogP contribution in [0.1, 0.15) is 17.5 Å². The van der Waals surface area contributed by atoms with Gasteiger partial charge in [-0.05, 0) is 30.2 Å². The summed E-state index contributed by atoms with van der Waals surface area (Å²) in [7, 11) is 0. The molecule has 4 rings (SSSR count). The van der Waals surface area contributed by atoms with Crippen LogP contribution in [0.3, 0.4) is 0 Å². The van der Waals surface area contributed by atoms with Gasteiger partial charge in [0.25, 0.3) is 5.91 Å². The van der Waals surface area contributed by atoms with Crippen LogP contribution >= 0.6 is 0 Å². The van der Waals surface area contributed by atoms with E-state index in [4.69, 9.17) is 0 Å². The molecule has 0 spiro atoms. The van der Waals surface area contributed by atoms with E-state index < -0.39 is 17.8 Å². The first-order valence-electron chi connectivity index (χ1n) is 10.4. The third kappa shape index (κ3) is 5.27. The number of aliphatic imine (C=N–C) groups is 1. The van der Waals surface area contributed by atoms with E-state index in [1.807, 2.05) is 23.1 Å². The third-order valence-corrected chi connectivity index (χ3v) is 5.51. The van der Waals surface area contributed by atoms with Gasteiger partial charge in [-0.2, -0.15) is 0 Å². The van der Waals surface area contributed by atoms with Crippen molar-refractivity contribution in [1.29, 1.82) is 0 Å². The number of halogens is 1. The Labute approximate surface area is 180 Å². The molecule has 31 heavy (non-hydrogen) atoms. The van der Waals surface area contributed by atoms with Crippen molar-refractivity contribution in [3.63, 3.8) is 0 Å². The largest absolute Gasteiger partial charge is 0.340 e. The van der Waals surface area contributed by atoms with E-state index >= 15 is 0 Å². The van der Waals surface area contributed by atoms with E-state index in [0.717, 1.165) is 38.3 Å². The highest BCUT2D eigenvalue weighted by Gasteiger charge is 2.32. The summed E-state index contributed by atoms with van der Waals surface area (Å²) < 4.78 is 13.9. The molecule has 1 atom stereocenters. The maximum absolute atomic E-state index is 13.9. The highest BCUT2D eigenvalue weighted by atomic mass is 19.1. The molecule has 0 bridgehead atoms. The van der Waals surface area contributed by atoms with Crippen LogP contribution in [0, 0.1) is 12.7 Å². The van der Waals surface area contributed by atoms with Crippen LogP contribution in [0.2, 0.25) is 0 Å². The SMILES string of the molecule is Cc1ccc(NC(=O)CC2N=C(N3CCN(Cc4ccccc4)CC3)NC2=O)c(F)c1. The number of amides is 2. The van der Waals surface area contributed by atoms with Crippen molar-refractivity contribution in [3.05, 3.63) is 65.5 Å². The van der Waals surface area contributed by atoms with Gasteiger partial charge in [0.1, 0.15) is 11.9 Å². The number of nitrogens with zero attached hydrogens (tertiary/aromatic N) is 3. The van der Waals surface area contributed by atoms with Gasteiger partial charge in [0.05, 0.1) is 12.1 Å². The van der Waals surface area contributed by atoms with Crippen LogP contribution in [0.25, 0.3) is 0 Å². The lowest BCUT2D eigenvalue weighted by atomic mass is 10.2. The average molecular weight is 423 g/mol. The van der Waals surface area contributed by atoms with E-state index in [9.17, 15) is 14.0 Å². The molecule has 2 aromatic rings. The molecule has 0 saturated carbocycles. The van der Waals surface area contributed by atoms with Gasteiger partial charge < -0.3 is 10.2 Å². The molecule has 2 heterocycles. The average Bonchev–Trinajstić information content (AvgIpc) is 3.11. The predicted molar refractivity (Wildman–Crippen MR) is 117 cm³/mol. The Hall–Kier alpha value is -3.26. The molecule has 2 aliphatic heterocycles. The quantitative estimate of drug-likeness (QED) is 0.773. The van der Waals surface area contributed by atoms with Gasteiger partial charge in [0, 0.05) is 32.7 Å². The number of nitrogens with one attached hydrogen (secondary N) is 2. The summed E-state index contributed by atoms with van der Waals surface area (Å²) in [4.78, 5) is 33.5. The third-order valence-electron chi connectivity index (χ3n) is 5.51. The summed E-state index contributed by atoms with van der Waals surface area (Å²) in [5, 5.41) is 5.32. The smallest absolute Gasteiger partial charge is 0.252 e. The maximum Gasteiger partial charge on any atom is 0.252 e. The zero-order valence-electron chi connectivity index (χ0n) is 17.5. The fourth-order valence-corrected chi connectivity index (χ4v) is 3.79. The molecule has 1 unspecified atom stereocenters. The molecule has 162 valence electrons. The van der Waals surface area contributed by atoms with E-state index in [1.54, 1.807) is 13.0 Å². The Kier molecular flexibility index (Phi) is 6.27. The maximum atomic E-state index is 13.9. The normalized spacial score (nSPS) is 19.2. The van der Waals surface area contributed by atoms with Gasteiger partial charge >= 0.3 is 0 Å². The van der Waals surface area contributed by atoms with Crippen LogP contribution in [0.5, 0.6) is 0 Å². The second-order valence-corrected chi connectivity index (χ2v) is 7.94. The molecule has 1 fully saturated rings. The fourth-order valence-electron chi connectivity index (χ4n) is 3.79. The standard InChI is InChI=1S/C23H26FN5O2/c1-16-7-8-19(18(24)13-16)25-21(30)14-20-22(31)27-23(26-20)29-11-9-28(10-12-29)15-17-5-3-2-4-6-17/h2-8,13,20H,9-12,14-15H2,1H3,(H,25,30)(H,26,27,31). The van der Waals surface area contributed by atoms with E-state index in [0.29, 0.717) is 5.96 Å². The minimum atomic E-state index is -0.800. The van der Waals surface area contributed by atoms with Crippen molar-refractivity contribution in [3.8, 4) is 0 Å². The number of carbonyl (C=O) groups excluding carboxylic acids is 2. The van der Waals surface area contributed by atoms with Gasteiger partial charge in [0.2, 0.25) is 11.9 Å². The molecule has 2 aromatic carbocycles. The molecule has 8 heteroatoms. The molecule has 2 aliphatic rings. The van der Waals surface area contributed by atoms with Crippen LogP contribution < -0.4 is 10.6 Å². The highest BCUT2D eigenvalue weighted by Crippen LogP contribution is 2.17. The molecule has 1 saturated heterocycles. The summed E-state index contributed by atoms with van der Waals surface area (Å²) in [5.74, 6) is -0.729. The fraction of sp³-hybridized carbons (Fsp3) is 0.348. The first-order valence-corrected chi connectivity index (χ1v) is 10.4. The van der Waals surface area contributed by atoms with Crippen LogP contribution in [0.15, 0.2) is 53.5 Å². The number of aryl methyl sites for hydroxylation is 1. The van der Waals surface area contributed by atoms with Crippen LogP contribution in [-0.2, 0) is 16.1 Å². The molecule has 0 aromatic heterocycles. The summed E-state index contributed by atoms with van der Waals surface area (Å²) in [5.41, 5.74) is 2.15. The number of hydrogen-bond donors (Lipinski definition) is 2. The molecule has 2 amide bonds. The number of guanidine groups is 1. The molecular formula is C23H26FN5O2. The Morgan fingerprint density at radius 3 is 2.61 bits per heavy atom. The summed E-state index contributed by atoms with van der Waals surface area (Å²) in [6, 6.07) is 14.1. The second-order valence-electron chi connectivity index (χ2n) is 7.94. The van der Waals surface area contributed by atoms with Gasteiger partial charge in [-0.15, -0.1) is 0 Å². The number of benzene rings is 2. The minimum Gasteiger partial charge on any atom is -0.340 e. The van der Waals surface area contributed by atoms with Gasteiger partial charge in [-0.25, -0.2) is 9.38 Å². The first-order chi connectivity index (χ1) is 15.0. The Bertz CT molecular complexity index is 987. The van der Waals surface area contributed by atoms with Crippen molar-refractivity contribution >= 4 is 23.5 Å². The summed E-state index contributed by atoms with van der Waals surface area (Å²) in [6.07, 6.45) is -0.128. The van der Waals surface area contributed by atoms with Crippen molar-refractivity contribution < 1.29 is 14.0 Å². The number of carbonyl (C=O) groups is 2. The summed E-state index contributed by atoms with van der Waals surface area (Å²) >= 11 is 0. The van der Waals surface area contributed by atoms with E-state index in [1.165, 1.54) is 17.7 Å². The Morgan fingerprint density at radius 1 is 1.16 bits per heavy atom. The van der Waals surface area contributed by atoms with Crippen LogP contribution in [0.4, 0.5) is 10.1 Å². The zero-order valence-corrected chi connectivity index (χ0v) is 17.5. The molecular weight excluding hydrogens is 397 g/mol. The van der Waals surface area contributed by atoms with Crippen molar-refractivity contribution in [2.45, 2.75) is 25.9 Å². The Morgan fingerprint density at radius 2 is 1.90 bits per heavy atom. The summed E-state index contributed by atoms with van der Waals surface area (Å²) in [6.45, 7) is 5.89. The monoisotopic (exact) mass is 423 g/mol. The molecule has 0 radical (unpaired) electrons. The van der Waals surface area contributed by atoms with Gasteiger partial charge in [-0.1, -0.05) is 36.4 Å². The molecule has 7 nitrogen and oxygen atoms in total. The first kappa shape index (κ1) is 21.0. The van der Waals surface area contributed by atoms with E-state index in [2.05, 4.69) is 32.7 Å². The van der Waals surface area contributed by atoms with Crippen molar-refractivity contribution in [1.82, 2.24) is 15.1 Å². The number of hydrogen-bond acceptors (Lipinski definition) is 5. The molecule has 0 aliphatic carbocycles. The van der Waals surface area contributed by atoms with Crippen molar-refractivity contribution in [2.75, 3.05) is 31.5 Å². The molecule has 2 N–H and O–H groups in total. The van der Waals surface area contributed by atoms with E-state index in [-0.39, 0.29) is 18.0 Å². The Balaban J connectivity index is 1.29. The minimum absolute atomic E-state index is 0.104. The highest BCUT2D eigenvalue weighted by molar-refractivity contribution is 6.07.